The van der Waals surface area contributed by atoms with E-state index in [0.717, 1.165) is 25.8 Å². The first-order valence-electron chi connectivity index (χ1n) is 6.32. The van der Waals surface area contributed by atoms with E-state index in [-0.39, 0.29) is 11.6 Å². The maximum atomic E-state index is 5.67. The minimum atomic E-state index is -0.0284. The van der Waals surface area contributed by atoms with Gasteiger partial charge in [0.05, 0.1) is 0 Å². The van der Waals surface area contributed by atoms with Gasteiger partial charge in [-0.15, -0.1) is 0 Å². The number of hydrogen-bond acceptors (Lipinski definition) is 4. The van der Waals surface area contributed by atoms with Gasteiger partial charge in [-0.2, -0.15) is 0 Å². The van der Waals surface area contributed by atoms with Crippen LogP contribution in [0.1, 0.15) is 52.9 Å². The molecule has 0 aromatic rings. The van der Waals surface area contributed by atoms with Crippen LogP contribution in [0.2, 0.25) is 0 Å². The van der Waals surface area contributed by atoms with Crippen LogP contribution in [-0.4, -0.2) is 24.7 Å². The van der Waals surface area contributed by atoms with Gasteiger partial charge in [0.25, 0.3) is 0 Å². The van der Waals surface area contributed by atoms with Crippen LogP contribution in [0.25, 0.3) is 0 Å². The molecule has 0 aliphatic carbocycles. The van der Waals surface area contributed by atoms with Crippen LogP contribution in [0.15, 0.2) is 0 Å². The highest BCUT2D eigenvalue weighted by molar-refractivity contribution is 4.70. The van der Waals surface area contributed by atoms with Gasteiger partial charge >= 0.3 is 0 Å². The molecule has 4 heteroatoms. The number of nitrogens with two attached hydrogens (primary N) is 4. The van der Waals surface area contributed by atoms with E-state index in [1.165, 1.54) is 12.8 Å². The summed E-state index contributed by atoms with van der Waals surface area (Å²) in [6, 6.07) is 0.231. The molecule has 0 rings (SSSR count). The summed E-state index contributed by atoms with van der Waals surface area (Å²) in [6.45, 7) is 7.56. The first-order valence-corrected chi connectivity index (χ1v) is 6.32. The smallest absolute Gasteiger partial charge is 0.0163 e. The molecule has 0 aliphatic rings. The van der Waals surface area contributed by atoms with Gasteiger partial charge in [0.2, 0.25) is 0 Å². The minimum Gasteiger partial charge on any atom is -0.330 e. The van der Waals surface area contributed by atoms with Gasteiger partial charge in [0.1, 0.15) is 0 Å². The Morgan fingerprint density at radius 2 is 1.69 bits per heavy atom. The topological polar surface area (TPSA) is 104 Å². The second kappa shape index (κ2) is 11.3. The molecule has 0 aliphatic heterocycles. The standard InChI is InChI=1S/2C6H16N2/c1-6(2,8)4-3-5-7;1-2-3-4-6(8)5-7/h3-5,7-8H2,1-2H3;6H,2-5,7-8H2,1H3. The Labute approximate surface area is 101 Å². The summed E-state index contributed by atoms with van der Waals surface area (Å²) in [6.07, 6.45) is 5.55. The van der Waals surface area contributed by atoms with Crippen molar-refractivity contribution in [3.63, 3.8) is 0 Å². The van der Waals surface area contributed by atoms with Gasteiger partial charge in [0.15, 0.2) is 0 Å². The van der Waals surface area contributed by atoms with Crippen molar-refractivity contribution >= 4 is 0 Å². The van der Waals surface area contributed by atoms with Crippen LogP contribution in [0.4, 0.5) is 0 Å². The van der Waals surface area contributed by atoms with E-state index in [0.29, 0.717) is 6.54 Å². The van der Waals surface area contributed by atoms with Gasteiger partial charge in [-0.3, -0.25) is 0 Å². The molecule has 0 radical (unpaired) electrons. The predicted molar refractivity (Wildman–Crippen MR) is 73.1 cm³/mol. The lowest BCUT2D eigenvalue weighted by Gasteiger charge is -2.16. The summed E-state index contributed by atoms with van der Waals surface area (Å²) in [5.74, 6) is 0. The lowest BCUT2D eigenvalue weighted by atomic mass is 10.0. The predicted octanol–water partition coefficient (Wildman–Crippen LogP) is 0.925. The molecule has 1 unspecified atom stereocenters. The molecule has 0 heterocycles. The zero-order chi connectivity index (χ0) is 13.0. The van der Waals surface area contributed by atoms with Crippen molar-refractivity contribution in [1.82, 2.24) is 0 Å². The number of rotatable bonds is 7. The van der Waals surface area contributed by atoms with E-state index in [2.05, 4.69) is 6.92 Å². The highest BCUT2D eigenvalue weighted by Gasteiger charge is 2.07. The van der Waals surface area contributed by atoms with Gasteiger partial charge in [0, 0.05) is 18.1 Å². The van der Waals surface area contributed by atoms with Crippen LogP contribution in [0.3, 0.4) is 0 Å². The first kappa shape index (κ1) is 18.2. The number of unbranched alkanes of at least 4 members (excludes halogenated alkanes) is 1. The quantitative estimate of drug-likeness (QED) is 0.524. The van der Waals surface area contributed by atoms with Crippen molar-refractivity contribution in [3.8, 4) is 0 Å². The molecule has 0 amide bonds. The van der Waals surface area contributed by atoms with Crippen LogP contribution in [0, 0.1) is 0 Å². The molecule has 0 saturated heterocycles. The third kappa shape index (κ3) is 19.4. The first-order chi connectivity index (χ1) is 7.37. The van der Waals surface area contributed by atoms with Crippen LogP contribution >= 0.6 is 0 Å². The fraction of sp³-hybridized carbons (Fsp3) is 1.00. The molecular formula is C12H32N4. The molecule has 4 nitrogen and oxygen atoms in total. The van der Waals surface area contributed by atoms with Gasteiger partial charge in [-0.05, 0) is 39.7 Å². The summed E-state index contributed by atoms with van der Waals surface area (Å²) in [5, 5.41) is 0. The molecule has 0 fully saturated rings. The van der Waals surface area contributed by atoms with Crippen LogP contribution in [0.5, 0.6) is 0 Å². The minimum absolute atomic E-state index is 0.0284. The van der Waals surface area contributed by atoms with Gasteiger partial charge < -0.3 is 22.9 Å². The zero-order valence-corrected chi connectivity index (χ0v) is 11.3. The third-order valence-corrected chi connectivity index (χ3v) is 2.26. The van der Waals surface area contributed by atoms with Crippen molar-refractivity contribution in [3.05, 3.63) is 0 Å². The maximum Gasteiger partial charge on any atom is 0.0163 e. The molecule has 0 bridgehead atoms. The number of hydrogen-bond donors (Lipinski definition) is 4. The SMILES string of the molecule is CC(C)(N)CCCN.CCCCC(N)CN. The van der Waals surface area contributed by atoms with Crippen molar-refractivity contribution < 1.29 is 0 Å². The lowest BCUT2D eigenvalue weighted by molar-refractivity contribution is 0.462. The Bertz CT molecular complexity index is 131. The normalized spacial score (nSPS) is 12.9. The molecule has 0 aromatic carbocycles. The van der Waals surface area contributed by atoms with E-state index >= 15 is 0 Å². The van der Waals surface area contributed by atoms with E-state index in [1.807, 2.05) is 13.8 Å². The van der Waals surface area contributed by atoms with Crippen LogP contribution < -0.4 is 22.9 Å². The zero-order valence-electron chi connectivity index (χ0n) is 11.3. The molecular weight excluding hydrogens is 200 g/mol. The van der Waals surface area contributed by atoms with Crippen molar-refractivity contribution in [1.29, 1.82) is 0 Å². The van der Waals surface area contributed by atoms with E-state index in [1.54, 1.807) is 0 Å². The molecule has 0 aromatic heterocycles. The highest BCUT2D eigenvalue weighted by atomic mass is 14.7. The molecule has 100 valence electrons. The van der Waals surface area contributed by atoms with Gasteiger partial charge in [-0.1, -0.05) is 19.8 Å². The van der Waals surface area contributed by atoms with E-state index < -0.39 is 0 Å². The summed E-state index contributed by atoms with van der Waals surface area (Å²) < 4.78 is 0. The fourth-order valence-corrected chi connectivity index (χ4v) is 1.14. The Morgan fingerprint density at radius 1 is 1.12 bits per heavy atom. The Kier molecular flexibility index (Phi) is 12.9. The average Bonchev–Trinajstić information content (AvgIpc) is 2.22. The molecule has 16 heavy (non-hydrogen) atoms. The Hall–Kier alpha value is -0.160. The Morgan fingerprint density at radius 3 is 1.94 bits per heavy atom. The second-order valence-electron chi connectivity index (χ2n) is 5.02. The maximum absolute atomic E-state index is 5.67. The monoisotopic (exact) mass is 232 g/mol. The summed E-state index contributed by atoms with van der Waals surface area (Å²) in [4.78, 5) is 0. The summed E-state index contributed by atoms with van der Waals surface area (Å²) in [7, 11) is 0. The lowest BCUT2D eigenvalue weighted by Crippen LogP contribution is -2.32. The summed E-state index contributed by atoms with van der Waals surface area (Å²) >= 11 is 0. The molecule has 8 N–H and O–H groups in total. The third-order valence-electron chi connectivity index (χ3n) is 2.26. The van der Waals surface area contributed by atoms with E-state index in [9.17, 15) is 0 Å². The van der Waals surface area contributed by atoms with Crippen molar-refractivity contribution in [2.24, 2.45) is 22.9 Å². The molecule has 0 saturated carbocycles. The highest BCUT2D eigenvalue weighted by Crippen LogP contribution is 2.04. The van der Waals surface area contributed by atoms with Crippen LogP contribution in [-0.2, 0) is 0 Å². The Balaban J connectivity index is 0. The summed E-state index contributed by atoms with van der Waals surface area (Å²) in [5.41, 5.74) is 21.7. The molecule has 1 atom stereocenters. The average molecular weight is 232 g/mol. The van der Waals surface area contributed by atoms with Gasteiger partial charge in [-0.25, -0.2) is 0 Å². The van der Waals surface area contributed by atoms with Crippen molar-refractivity contribution in [2.75, 3.05) is 13.1 Å². The molecule has 0 spiro atoms. The second-order valence-corrected chi connectivity index (χ2v) is 5.02. The fourth-order valence-electron chi connectivity index (χ4n) is 1.14. The van der Waals surface area contributed by atoms with E-state index in [4.69, 9.17) is 22.9 Å². The largest absolute Gasteiger partial charge is 0.330 e. The van der Waals surface area contributed by atoms with Crippen molar-refractivity contribution in [2.45, 2.75) is 64.5 Å².